The Hall–Kier alpha value is -13.0. The largest absolute Gasteiger partial charge is 0.383 e. The average molecular weight is 1140 g/mol. The lowest BCUT2D eigenvalue weighted by atomic mass is 9.96. The van der Waals surface area contributed by atoms with E-state index in [2.05, 4.69) is 131 Å². The number of hydrogen-bond donors (Lipinski definition) is 1. The molecule has 0 saturated carbocycles. The van der Waals surface area contributed by atoms with Crippen molar-refractivity contribution in [1.29, 1.82) is 21.0 Å². The van der Waals surface area contributed by atoms with Gasteiger partial charge < -0.3 is 14.9 Å². The summed E-state index contributed by atoms with van der Waals surface area (Å²) in [4.78, 5) is 15.5. The van der Waals surface area contributed by atoms with Crippen LogP contribution in [0.3, 0.4) is 0 Å². The molecule has 0 amide bonds. The number of nitrogens with zero attached hydrogens (tertiary/aromatic N) is 9. The SMILES string of the molecule is C=C(/N=C(\N=C(/N)c1ccccc1)c1ccccc1)c1ccc(-n2c3ccc(-c4ccccc4C#N)cc3c3cc(-c4ccccc4C#N)ccc32)c(-c2ncccc2-n2c3ccc(-c4ccccc4C#N)cc3c3cc(-c4ccccc4C#N)ccc32)c1. The predicted molar refractivity (Wildman–Crippen MR) is 358 cm³/mol. The van der Waals surface area contributed by atoms with E-state index in [-0.39, 0.29) is 0 Å². The maximum Gasteiger partial charge on any atom is 0.162 e. The van der Waals surface area contributed by atoms with Gasteiger partial charge in [0.25, 0.3) is 0 Å². The highest BCUT2D eigenvalue weighted by Gasteiger charge is 2.25. The molecule has 0 saturated heterocycles. The van der Waals surface area contributed by atoms with Crippen molar-refractivity contribution >= 4 is 61.0 Å². The Labute approximate surface area is 513 Å². The molecule has 10 heteroatoms. The standard InChI is InChI=1S/C79H48N10/c1-50(86-79(52-19-6-3-7-20-52)87-78(84)51-17-4-2-5-18-51)53-30-35-75(88-71-36-31-54(62-25-12-8-21-58(62)46-80)42-66(71)67-43-55(32-37-72(67)88)63-26-13-9-22-59(63)47-81)70(41-53)77-76(29-16-40-85-77)89-73-38-33-56(64-27-14-10-23-60(64)48-82)44-68(73)69-45-57(34-39-74(69)89)65-28-15-11-24-61(65)49-83/h2-45H,1H2,(H2,84,86,87). The Balaban J connectivity index is 1.05. The number of benzene rings is 11. The van der Waals surface area contributed by atoms with Crippen molar-refractivity contribution in [1.82, 2.24) is 14.1 Å². The summed E-state index contributed by atoms with van der Waals surface area (Å²) in [6.07, 6.45) is 1.81. The molecule has 10 nitrogen and oxygen atoms in total. The molecule has 3 heterocycles. The monoisotopic (exact) mass is 1140 g/mol. The molecule has 0 unspecified atom stereocenters. The van der Waals surface area contributed by atoms with Gasteiger partial charge >= 0.3 is 0 Å². The highest BCUT2D eigenvalue weighted by molar-refractivity contribution is 6.15. The summed E-state index contributed by atoms with van der Waals surface area (Å²) < 4.78 is 4.51. The topological polar surface area (TPSA) is 169 Å². The van der Waals surface area contributed by atoms with Crippen LogP contribution in [0.25, 0.3) is 116 Å². The van der Waals surface area contributed by atoms with Crippen molar-refractivity contribution in [2.45, 2.75) is 0 Å². The van der Waals surface area contributed by atoms with Crippen LogP contribution in [-0.4, -0.2) is 25.8 Å². The summed E-state index contributed by atoms with van der Waals surface area (Å²) in [5, 5.41) is 45.1. The number of nitrogens with two attached hydrogens (primary N) is 1. The summed E-state index contributed by atoms with van der Waals surface area (Å²) in [5.41, 5.74) is 24.9. The van der Waals surface area contributed by atoms with Gasteiger partial charge in [-0.3, -0.25) is 4.98 Å². The third kappa shape index (κ3) is 9.70. The summed E-state index contributed by atoms with van der Waals surface area (Å²) in [6, 6.07) is 94.9. The van der Waals surface area contributed by atoms with E-state index in [0.29, 0.717) is 50.9 Å². The number of fused-ring (bicyclic) bond motifs is 6. The van der Waals surface area contributed by atoms with Gasteiger partial charge in [-0.25, -0.2) is 9.98 Å². The zero-order chi connectivity index (χ0) is 60.5. The molecule has 0 aliphatic carbocycles. The van der Waals surface area contributed by atoms with Crippen LogP contribution in [0, 0.1) is 45.3 Å². The van der Waals surface area contributed by atoms with Gasteiger partial charge in [0.05, 0.1) is 91.4 Å². The Bertz CT molecular complexity index is 5230. The second kappa shape index (κ2) is 22.9. The van der Waals surface area contributed by atoms with Gasteiger partial charge in [0.1, 0.15) is 5.84 Å². The number of nitriles is 4. The van der Waals surface area contributed by atoms with E-state index < -0.39 is 0 Å². The van der Waals surface area contributed by atoms with E-state index in [1.165, 1.54) is 0 Å². The summed E-state index contributed by atoms with van der Waals surface area (Å²) in [6.45, 7) is 4.63. The number of amidine groups is 2. The molecule has 11 aromatic carbocycles. The molecular formula is C79H48N10. The fraction of sp³-hybridized carbons (Fsp3) is 0. The average Bonchev–Trinajstić information content (AvgIpc) is 1.65. The van der Waals surface area contributed by atoms with Crippen LogP contribution in [0.5, 0.6) is 0 Å². The number of aliphatic imine (C=N–C) groups is 2. The van der Waals surface area contributed by atoms with Gasteiger partial charge in [0.15, 0.2) is 5.84 Å². The normalized spacial score (nSPS) is 11.6. The first-order valence-corrected chi connectivity index (χ1v) is 28.8. The maximum atomic E-state index is 10.4. The molecule has 0 aliphatic heterocycles. The van der Waals surface area contributed by atoms with Crippen molar-refractivity contribution in [3.63, 3.8) is 0 Å². The molecule has 3 aromatic heterocycles. The predicted octanol–water partition coefficient (Wildman–Crippen LogP) is 17.9. The van der Waals surface area contributed by atoms with E-state index >= 15 is 0 Å². The van der Waals surface area contributed by atoms with E-state index in [9.17, 15) is 21.0 Å². The lowest BCUT2D eigenvalue weighted by Crippen LogP contribution is -2.16. The van der Waals surface area contributed by atoms with Crippen molar-refractivity contribution in [2.75, 3.05) is 0 Å². The Morgan fingerprint density at radius 3 is 1.16 bits per heavy atom. The molecule has 0 atom stereocenters. The summed E-state index contributed by atoms with van der Waals surface area (Å²) in [5.74, 6) is 0.680. The lowest BCUT2D eigenvalue weighted by Gasteiger charge is -2.19. The molecule has 414 valence electrons. The molecule has 0 spiro atoms. The number of rotatable bonds is 11. The van der Waals surface area contributed by atoms with Crippen molar-refractivity contribution in [3.05, 3.63) is 313 Å². The van der Waals surface area contributed by atoms with E-state index in [1.54, 1.807) is 0 Å². The molecule has 2 N–H and O–H groups in total. The van der Waals surface area contributed by atoms with Crippen LogP contribution in [-0.2, 0) is 0 Å². The lowest BCUT2D eigenvalue weighted by molar-refractivity contribution is 1.13. The minimum atomic E-state index is 0.300. The van der Waals surface area contributed by atoms with Gasteiger partial charge in [0, 0.05) is 50.0 Å². The first-order chi connectivity index (χ1) is 43.8. The molecule has 0 radical (unpaired) electrons. The Kier molecular flexibility index (Phi) is 13.9. The van der Waals surface area contributed by atoms with Crippen LogP contribution in [0.4, 0.5) is 0 Å². The van der Waals surface area contributed by atoms with Gasteiger partial charge in [-0.1, -0.05) is 170 Å². The zero-order valence-corrected chi connectivity index (χ0v) is 47.7. The maximum absolute atomic E-state index is 10.4. The number of pyridine rings is 1. The minimum Gasteiger partial charge on any atom is -0.383 e. The first kappa shape index (κ1) is 54.0. The van der Waals surface area contributed by atoms with Crippen LogP contribution in [0.2, 0.25) is 0 Å². The van der Waals surface area contributed by atoms with E-state index in [1.807, 2.05) is 176 Å². The van der Waals surface area contributed by atoms with Gasteiger partial charge in [-0.05, 0) is 142 Å². The van der Waals surface area contributed by atoms with Gasteiger partial charge in [-0.15, -0.1) is 0 Å². The Morgan fingerprint density at radius 1 is 0.360 bits per heavy atom. The smallest absolute Gasteiger partial charge is 0.162 e. The van der Waals surface area contributed by atoms with Crippen LogP contribution in [0.1, 0.15) is 38.9 Å². The third-order valence-electron chi connectivity index (χ3n) is 16.4. The summed E-state index contributed by atoms with van der Waals surface area (Å²) in [7, 11) is 0. The molecular weight excluding hydrogens is 1090 g/mol. The third-order valence-corrected chi connectivity index (χ3v) is 16.4. The van der Waals surface area contributed by atoms with Gasteiger partial charge in [-0.2, -0.15) is 21.0 Å². The highest BCUT2D eigenvalue weighted by Crippen LogP contribution is 2.45. The van der Waals surface area contributed by atoms with Gasteiger partial charge in [0.2, 0.25) is 0 Å². The molecule has 89 heavy (non-hydrogen) atoms. The minimum absolute atomic E-state index is 0.300. The highest BCUT2D eigenvalue weighted by atomic mass is 15.0. The second-order valence-corrected chi connectivity index (χ2v) is 21.4. The number of hydrogen-bond acceptors (Lipinski definition) is 6. The molecule has 0 fully saturated rings. The molecule has 14 aromatic rings. The zero-order valence-electron chi connectivity index (χ0n) is 47.7. The Morgan fingerprint density at radius 2 is 0.742 bits per heavy atom. The van der Waals surface area contributed by atoms with Crippen LogP contribution < -0.4 is 5.73 Å². The van der Waals surface area contributed by atoms with Crippen LogP contribution >= 0.6 is 0 Å². The molecule has 14 rings (SSSR count). The summed E-state index contributed by atoms with van der Waals surface area (Å²) >= 11 is 0. The van der Waals surface area contributed by atoms with Crippen molar-refractivity contribution in [3.8, 4) is 91.4 Å². The first-order valence-electron chi connectivity index (χ1n) is 28.8. The van der Waals surface area contributed by atoms with Crippen molar-refractivity contribution in [2.24, 2.45) is 15.7 Å². The second-order valence-electron chi connectivity index (χ2n) is 21.4. The molecule has 0 aliphatic rings. The quantitative estimate of drug-likeness (QED) is 0.0998. The van der Waals surface area contributed by atoms with Crippen LogP contribution in [0.15, 0.2) is 284 Å². The number of aromatic nitrogens is 3. The van der Waals surface area contributed by atoms with E-state index in [4.69, 9.17) is 20.7 Å². The van der Waals surface area contributed by atoms with Crippen molar-refractivity contribution < 1.29 is 0 Å². The van der Waals surface area contributed by atoms with E-state index in [0.717, 1.165) is 116 Å². The molecule has 0 bridgehead atoms. The fourth-order valence-corrected chi connectivity index (χ4v) is 12.2. The fourth-order valence-electron chi connectivity index (χ4n) is 12.2.